The van der Waals surface area contributed by atoms with Crippen LogP contribution in [0.3, 0.4) is 0 Å². The van der Waals surface area contributed by atoms with E-state index >= 15 is 0 Å². The highest BCUT2D eigenvalue weighted by molar-refractivity contribution is 6.46. The van der Waals surface area contributed by atoms with E-state index in [9.17, 15) is 14.7 Å². The topological polar surface area (TPSA) is 79.7 Å². The molecule has 1 amide bonds. The van der Waals surface area contributed by atoms with Gasteiger partial charge in [-0.15, -0.1) is 0 Å². The van der Waals surface area contributed by atoms with E-state index in [1.807, 2.05) is 37.3 Å². The monoisotopic (exact) mass is 484 g/mol. The Labute approximate surface area is 212 Å². The minimum Gasteiger partial charge on any atom is -0.507 e. The molecule has 0 saturated carbocycles. The summed E-state index contributed by atoms with van der Waals surface area (Å²) < 4.78 is 5.86. The smallest absolute Gasteiger partial charge is 0.295 e. The molecular formula is C30H32N2O4. The standard InChI is InChI=1S/C30H32N2O4/c1-5-21-8-10-23(11-9-21)27-26(29(34)30(35)32(27)17-22-7-6-14-31-16-22)28(33)24-12-13-25(20(4)15-24)36-18-19(2)3/h6-16,19,27,33H,5,17-18H2,1-4H3/t27-/m1/s1. The second kappa shape index (κ2) is 10.8. The maximum atomic E-state index is 13.3. The number of hydrogen-bond acceptors (Lipinski definition) is 5. The number of rotatable bonds is 8. The van der Waals surface area contributed by atoms with Crippen molar-refractivity contribution in [3.05, 3.63) is 100 Å². The van der Waals surface area contributed by atoms with Crippen LogP contribution in [0, 0.1) is 12.8 Å². The fourth-order valence-corrected chi connectivity index (χ4v) is 4.38. The van der Waals surface area contributed by atoms with Crippen molar-refractivity contribution >= 4 is 17.4 Å². The van der Waals surface area contributed by atoms with Crippen LogP contribution in [0.5, 0.6) is 5.75 Å². The van der Waals surface area contributed by atoms with Crippen LogP contribution in [-0.2, 0) is 22.6 Å². The summed E-state index contributed by atoms with van der Waals surface area (Å²) in [5.41, 5.74) is 4.12. The van der Waals surface area contributed by atoms with Gasteiger partial charge in [0.1, 0.15) is 11.5 Å². The van der Waals surface area contributed by atoms with Gasteiger partial charge in [-0.05, 0) is 65.8 Å². The molecule has 3 aromatic rings. The number of carbonyl (C=O) groups excluding carboxylic acids is 2. The number of benzene rings is 2. The molecule has 1 fully saturated rings. The Morgan fingerprint density at radius 1 is 1.08 bits per heavy atom. The summed E-state index contributed by atoms with van der Waals surface area (Å²) >= 11 is 0. The van der Waals surface area contributed by atoms with Gasteiger partial charge < -0.3 is 14.7 Å². The lowest BCUT2D eigenvalue weighted by Crippen LogP contribution is -2.29. The summed E-state index contributed by atoms with van der Waals surface area (Å²) in [6, 6.07) is 16.1. The van der Waals surface area contributed by atoms with Crippen molar-refractivity contribution in [1.29, 1.82) is 0 Å². The summed E-state index contributed by atoms with van der Waals surface area (Å²) in [7, 11) is 0. The molecule has 6 heteroatoms. The number of aliphatic hydroxyl groups excluding tert-OH is 1. The summed E-state index contributed by atoms with van der Waals surface area (Å²) in [5.74, 6) is -0.418. The Balaban J connectivity index is 1.79. The molecule has 1 saturated heterocycles. The van der Waals surface area contributed by atoms with Crippen LogP contribution in [0.15, 0.2) is 72.6 Å². The number of ether oxygens (including phenoxy) is 1. The van der Waals surface area contributed by atoms with Gasteiger partial charge in [0.05, 0.1) is 18.2 Å². The Bertz CT molecular complexity index is 1280. The van der Waals surface area contributed by atoms with E-state index in [0.717, 1.165) is 34.4 Å². The van der Waals surface area contributed by atoms with Gasteiger partial charge in [-0.2, -0.15) is 0 Å². The fraction of sp³-hybridized carbons (Fsp3) is 0.300. The average Bonchev–Trinajstić information content (AvgIpc) is 3.13. The summed E-state index contributed by atoms with van der Waals surface area (Å²) in [6.07, 6.45) is 4.21. The minimum absolute atomic E-state index is 0.0865. The van der Waals surface area contributed by atoms with E-state index in [4.69, 9.17) is 4.74 Å². The molecule has 2 aromatic carbocycles. The number of nitrogens with zero attached hydrogens (tertiary/aromatic N) is 2. The number of hydrogen-bond donors (Lipinski definition) is 1. The van der Waals surface area contributed by atoms with Crippen LogP contribution >= 0.6 is 0 Å². The highest BCUT2D eigenvalue weighted by atomic mass is 16.5. The van der Waals surface area contributed by atoms with Gasteiger partial charge in [-0.1, -0.05) is 51.1 Å². The Morgan fingerprint density at radius 3 is 2.44 bits per heavy atom. The molecule has 6 nitrogen and oxygen atoms in total. The number of aromatic nitrogens is 1. The predicted octanol–water partition coefficient (Wildman–Crippen LogP) is 5.61. The van der Waals surface area contributed by atoms with Gasteiger partial charge in [0.15, 0.2) is 0 Å². The zero-order valence-corrected chi connectivity index (χ0v) is 21.2. The summed E-state index contributed by atoms with van der Waals surface area (Å²) in [6.45, 7) is 8.91. The molecule has 0 spiro atoms. The normalized spacial score (nSPS) is 17.1. The Morgan fingerprint density at radius 2 is 1.83 bits per heavy atom. The van der Waals surface area contributed by atoms with Crippen molar-refractivity contribution in [2.45, 2.75) is 46.7 Å². The number of aliphatic hydroxyl groups is 1. The number of pyridine rings is 1. The van der Waals surface area contributed by atoms with Crippen LogP contribution in [0.1, 0.15) is 54.6 Å². The van der Waals surface area contributed by atoms with Crippen molar-refractivity contribution < 1.29 is 19.4 Å². The highest BCUT2D eigenvalue weighted by Crippen LogP contribution is 2.40. The minimum atomic E-state index is -0.715. The zero-order valence-electron chi connectivity index (χ0n) is 21.2. The molecule has 1 atom stereocenters. The predicted molar refractivity (Wildman–Crippen MR) is 139 cm³/mol. The van der Waals surface area contributed by atoms with Gasteiger partial charge in [-0.3, -0.25) is 14.6 Å². The van der Waals surface area contributed by atoms with Crippen LogP contribution < -0.4 is 4.74 Å². The molecular weight excluding hydrogens is 452 g/mol. The van der Waals surface area contributed by atoms with E-state index < -0.39 is 17.7 Å². The van der Waals surface area contributed by atoms with E-state index in [2.05, 4.69) is 25.8 Å². The quantitative estimate of drug-likeness (QED) is 0.255. The van der Waals surface area contributed by atoms with Crippen molar-refractivity contribution in [1.82, 2.24) is 9.88 Å². The summed E-state index contributed by atoms with van der Waals surface area (Å²) in [5, 5.41) is 11.4. The lowest BCUT2D eigenvalue weighted by Gasteiger charge is -2.25. The van der Waals surface area contributed by atoms with Gasteiger partial charge in [0.25, 0.3) is 11.7 Å². The largest absolute Gasteiger partial charge is 0.507 e. The lowest BCUT2D eigenvalue weighted by molar-refractivity contribution is -0.140. The fourth-order valence-electron chi connectivity index (χ4n) is 4.38. The average molecular weight is 485 g/mol. The molecule has 1 aromatic heterocycles. The SMILES string of the molecule is CCc1ccc([C@@H]2C(=C(O)c3ccc(OCC(C)C)c(C)c3)C(=O)C(=O)N2Cc2cccnc2)cc1. The highest BCUT2D eigenvalue weighted by Gasteiger charge is 2.46. The Hall–Kier alpha value is -3.93. The molecule has 0 aliphatic carbocycles. The molecule has 1 aliphatic rings. The van der Waals surface area contributed by atoms with E-state index in [1.54, 1.807) is 36.7 Å². The van der Waals surface area contributed by atoms with Gasteiger partial charge in [0, 0.05) is 24.5 Å². The first kappa shape index (κ1) is 25.2. The van der Waals surface area contributed by atoms with Crippen molar-refractivity contribution in [2.75, 3.05) is 6.61 Å². The van der Waals surface area contributed by atoms with Gasteiger partial charge in [0.2, 0.25) is 0 Å². The van der Waals surface area contributed by atoms with Crippen LogP contribution in [0.2, 0.25) is 0 Å². The van der Waals surface area contributed by atoms with Crippen LogP contribution in [0.25, 0.3) is 5.76 Å². The number of carbonyl (C=O) groups is 2. The number of likely N-dealkylation sites (tertiary alicyclic amines) is 1. The van der Waals surface area contributed by atoms with Crippen LogP contribution in [-0.4, -0.2) is 33.3 Å². The molecule has 0 unspecified atom stereocenters. The van der Waals surface area contributed by atoms with E-state index in [0.29, 0.717) is 18.1 Å². The second-order valence-corrected chi connectivity index (χ2v) is 9.57. The van der Waals surface area contributed by atoms with Gasteiger partial charge >= 0.3 is 0 Å². The molecule has 2 heterocycles. The van der Waals surface area contributed by atoms with E-state index in [-0.39, 0.29) is 17.9 Å². The van der Waals surface area contributed by atoms with Crippen molar-refractivity contribution in [3.63, 3.8) is 0 Å². The number of amides is 1. The zero-order chi connectivity index (χ0) is 25.8. The van der Waals surface area contributed by atoms with Crippen molar-refractivity contribution in [2.24, 2.45) is 5.92 Å². The van der Waals surface area contributed by atoms with Gasteiger partial charge in [-0.25, -0.2) is 0 Å². The van der Waals surface area contributed by atoms with E-state index in [1.165, 1.54) is 4.90 Å². The lowest BCUT2D eigenvalue weighted by atomic mass is 9.94. The Kier molecular flexibility index (Phi) is 7.53. The molecule has 1 aliphatic heterocycles. The number of aryl methyl sites for hydroxylation is 2. The van der Waals surface area contributed by atoms with Crippen LogP contribution in [0.4, 0.5) is 0 Å². The maximum Gasteiger partial charge on any atom is 0.295 e. The first-order valence-corrected chi connectivity index (χ1v) is 12.3. The third-order valence-electron chi connectivity index (χ3n) is 6.34. The second-order valence-electron chi connectivity index (χ2n) is 9.57. The third kappa shape index (κ3) is 5.18. The van der Waals surface area contributed by atoms with Crippen molar-refractivity contribution in [3.8, 4) is 5.75 Å². The third-order valence-corrected chi connectivity index (χ3v) is 6.34. The molecule has 0 radical (unpaired) electrons. The molecule has 1 N–H and O–H groups in total. The molecule has 4 rings (SSSR count). The molecule has 0 bridgehead atoms. The molecule has 36 heavy (non-hydrogen) atoms. The number of ketones is 1. The first-order chi connectivity index (χ1) is 17.3. The number of Topliss-reactive ketones (excluding diaryl/α,β-unsaturated/α-hetero) is 1. The molecule has 186 valence electrons. The maximum absolute atomic E-state index is 13.3. The first-order valence-electron chi connectivity index (χ1n) is 12.3. The summed E-state index contributed by atoms with van der Waals surface area (Å²) in [4.78, 5) is 32.2.